The lowest BCUT2D eigenvalue weighted by Gasteiger charge is -2.17. The molecular formula is C20H16FNO3. The van der Waals surface area contributed by atoms with E-state index in [0.717, 1.165) is 11.1 Å². The van der Waals surface area contributed by atoms with Gasteiger partial charge in [-0.3, -0.25) is 4.79 Å². The van der Waals surface area contributed by atoms with E-state index in [2.05, 4.69) is 5.32 Å². The van der Waals surface area contributed by atoms with Gasteiger partial charge in [0.15, 0.2) is 5.76 Å². The SMILES string of the molecule is O=C(N[C@@H]1c2ccccc2C[C@@H]1O)c1occc1-c1ccc(F)cc1. The molecular weight excluding hydrogens is 321 g/mol. The second-order valence-electron chi connectivity index (χ2n) is 6.09. The van der Waals surface area contributed by atoms with Crippen molar-refractivity contribution in [1.82, 2.24) is 5.32 Å². The average Bonchev–Trinajstić information content (AvgIpc) is 3.21. The van der Waals surface area contributed by atoms with Gasteiger partial charge in [-0.25, -0.2) is 4.39 Å². The van der Waals surface area contributed by atoms with Crippen LogP contribution in [0.5, 0.6) is 0 Å². The highest BCUT2D eigenvalue weighted by atomic mass is 19.1. The molecule has 2 atom stereocenters. The molecule has 1 aliphatic rings. The minimum atomic E-state index is -0.675. The zero-order chi connectivity index (χ0) is 17.4. The number of aliphatic hydroxyl groups is 1. The molecule has 25 heavy (non-hydrogen) atoms. The Bertz CT molecular complexity index is 917. The summed E-state index contributed by atoms with van der Waals surface area (Å²) in [6.45, 7) is 0. The van der Waals surface area contributed by atoms with Crippen molar-refractivity contribution >= 4 is 5.91 Å². The topological polar surface area (TPSA) is 62.5 Å². The van der Waals surface area contributed by atoms with Crippen LogP contribution in [0.3, 0.4) is 0 Å². The molecule has 1 aliphatic carbocycles. The van der Waals surface area contributed by atoms with E-state index >= 15 is 0 Å². The monoisotopic (exact) mass is 337 g/mol. The Morgan fingerprint density at radius 2 is 1.88 bits per heavy atom. The van der Waals surface area contributed by atoms with Crippen LogP contribution in [0.25, 0.3) is 11.1 Å². The number of hydrogen-bond acceptors (Lipinski definition) is 3. The molecule has 5 heteroatoms. The van der Waals surface area contributed by atoms with Crippen molar-refractivity contribution in [3.8, 4) is 11.1 Å². The van der Waals surface area contributed by atoms with Gasteiger partial charge in [0.05, 0.1) is 18.4 Å². The summed E-state index contributed by atoms with van der Waals surface area (Å²) in [5, 5.41) is 13.1. The molecule has 0 radical (unpaired) electrons. The molecule has 0 spiro atoms. The largest absolute Gasteiger partial charge is 0.459 e. The minimum absolute atomic E-state index is 0.142. The highest BCUT2D eigenvalue weighted by Gasteiger charge is 2.33. The highest BCUT2D eigenvalue weighted by molar-refractivity contribution is 5.98. The van der Waals surface area contributed by atoms with Crippen LogP contribution in [0.4, 0.5) is 4.39 Å². The van der Waals surface area contributed by atoms with E-state index in [9.17, 15) is 14.3 Å². The number of furan rings is 1. The first-order valence-electron chi connectivity index (χ1n) is 8.03. The molecule has 2 aromatic carbocycles. The van der Waals surface area contributed by atoms with Crippen LogP contribution in [-0.2, 0) is 6.42 Å². The predicted octanol–water partition coefficient (Wildman–Crippen LogP) is 3.47. The van der Waals surface area contributed by atoms with E-state index in [1.54, 1.807) is 18.2 Å². The number of benzene rings is 2. The molecule has 1 heterocycles. The average molecular weight is 337 g/mol. The molecule has 4 nitrogen and oxygen atoms in total. The first-order chi connectivity index (χ1) is 12.1. The molecule has 0 unspecified atom stereocenters. The zero-order valence-electron chi connectivity index (χ0n) is 13.3. The van der Waals surface area contributed by atoms with Gasteiger partial charge in [-0.05, 0) is 34.9 Å². The number of hydrogen-bond donors (Lipinski definition) is 2. The van der Waals surface area contributed by atoms with Gasteiger partial charge in [-0.1, -0.05) is 36.4 Å². The number of nitrogens with one attached hydrogen (secondary N) is 1. The fraction of sp³-hybridized carbons (Fsp3) is 0.150. The van der Waals surface area contributed by atoms with Crippen molar-refractivity contribution in [2.45, 2.75) is 18.6 Å². The summed E-state index contributed by atoms with van der Waals surface area (Å²) in [6, 6.07) is 14.7. The molecule has 1 amide bonds. The second kappa shape index (κ2) is 6.18. The highest BCUT2D eigenvalue weighted by Crippen LogP contribution is 2.32. The third kappa shape index (κ3) is 2.83. The smallest absolute Gasteiger partial charge is 0.288 e. The Hall–Kier alpha value is -2.92. The third-order valence-electron chi connectivity index (χ3n) is 4.52. The zero-order valence-corrected chi connectivity index (χ0v) is 13.3. The van der Waals surface area contributed by atoms with Crippen molar-refractivity contribution in [1.29, 1.82) is 0 Å². The Balaban J connectivity index is 1.61. The van der Waals surface area contributed by atoms with Crippen LogP contribution in [0.2, 0.25) is 0 Å². The van der Waals surface area contributed by atoms with Gasteiger partial charge >= 0.3 is 0 Å². The van der Waals surface area contributed by atoms with Gasteiger partial charge in [-0.15, -0.1) is 0 Å². The minimum Gasteiger partial charge on any atom is -0.459 e. The fourth-order valence-corrected chi connectivity index (χ4v) is 3.30. The van der Waals surface area contributed by atoms with Gasteiger partial charge in [0.1, 0.15) is 5.82 Å². The Morgan fingerprint density at radius 1 is 1.12 bits per heavy atom. The summed E-state index contributed by atoms with van der Waals surface area (Å²) < 4.78 is 18.5. The maximum Gasteiger partial charge on any atom is 0.288 e. The summed E-state index contributed by atoms with van der Waals surface area (Å²) in [4.78, 5) is 12.7. The number of halogens is 1. The van der Waals surface area contributed by atoms with Crippen LogP contribution >= 0.6 is 0 Å². The number of aliphatic hydroxyl groups excluding tert-OH is 1. The van der Waals surface area contributed by atoms with E-state index in [0.29, 0.717) is 17.5 Å². The molecule has 126 valence electrons. The van der Waals surface area contributed by atoms with Crippen LogP contribution in [-0.4, -0.2) is 17.1 Å². The summed E-state index contributed by atoms with van der Waals surface area (Å²) in [5.74, 6) is -0.614. The van der Waals surface area contributed by atoms with Crippen LogP contribution < -0.4 is 5.32 Å². The first kappa shape index (κ1) is 15.6. The van der Waals surface area contributed by atoms with Crippen LogP contribution in [0, 0.1) is 5.82 Å². The number of amides is 1. The second-order valence-corrected chi connectivity index (χ2v) is 6.09. The molecule has 0 bridgehead atoms. The standard InChI is InChI=1S/C20H16FNO3/c21-14-7-5-12(6-8-14)16-9-10-25-19(16)20(24)22-18-15-4-2-1-3-13(15)11-17(18)23/h1-10,17-18,23H,11H2,(H,22,24)/t17-,18+/m0/s1. The van der Waals surface area contributed by atoms with Gasteiger partial charge < -0.3 is 14.8 Å². The van der Waals surface area contributed by atoms with Crippen molar-refractivity contribution in [2.24, 2.45) is 0 Å². The fourth-order valence-electron chi connectivity index (χ4n) is 3.30. The lowest BCUT2D eigenvalue weighted by molar-refractivity contribution is 0.0832. The van der Waals surface area contributed by atoms with Gasteiger partial charge in [0.25, 0.3) is 5.91 Å². The van der Waals surface area contributed by atoms with E-state index < -0.39 is 18.1 Å². The molecule has 0 fully saturated rings. The van der Waals surface area contributed by atoms with E-state index in [-0.39, 0.29) is 11.6 Å². The Labute approximate surface area is 143 Å². The molecule has 0 saturated carbocycles. The molecule has 0 saturated heterocycles. The molecule has 1 aromatic heterocycles. The normalized spacial score (nSPS) is 18.8. The summed E-state index contributed by atoms with van der Waals surface area (Å²) >= 11 is 0. The number of rotatable bonds is 3. The van der Waals surface area contributed by atoms with Crippen molar-refractivity contribution in [2.75, 3.05) is 0 Å². The van der Waals surface area contributed by atoms with Crippen molar-refractivity contribution < 1.29 is 18.7 Å². The first-order valence-corrected chi connectivity index (χ1v) is 8.03. The summed E-state index contributed by atoms with van der Waals surface area (Å²) in [7, 11) is 0. The number of fused-ring (bicyclic) bond motifs is 1. The van der Waals surface area contributed by atoms with Crippen molar-refractivity contribution in [3.63, 3.8) is 0 Å². The Morgan fingerprint density at radius 3 is 2.68 bits per heavy atom. The van der Waals surface area contributed by atoms with Gasteiger partial charge in [-0.2, -0.15) is 0 Å². The van der Waals surface area contributed by atoms with Crippen LogP contribution in [0.15, 0.2) is 65.3 Å². The number of carbonyl (C=O) groups excluding carboxylic acids is 1. The van der Waals surface area contributed by atoms with Crippen molar-refractivity contribution in [3.05, 3.63) is 83.6 Å². The van der Waals surface area contributed by atoms with Gasteiger partial charge in [0, 0.05) is 12.0 Å². The maximum atomic E-state index is 13.1. The molecule has 2 N–H and O–H groups in total. The van der Waals surface area contributed by atoms with E-state index in [1.807, 2.05) is 24.3 Å². The van der Waals surface area contributed by atoms with Gasteiger partial charge in [0.2, 0.25) is 0 Å². The lowest BCUT2D eigenvalue weighted by atomic mass is 10.0. The summed E-state index contributed by atoms with van der Waals surface area (Å²) in [5.41, 5.74) is 3.21. The Kier molecular flexibility index (Phi) is 3.86. The lowest BCUT2D eigenvalue weighted by Crippen LogP contribution is -2.33. The molecule has 0 aliphatic heterocycles. The molecule has 3 aromatic rings. The summed E-state index contributed by atoms with van der Waals surface area (Å²) in [6.07, 6.45) is 1.25. The predicted molar refractivity (Wildman–Crippen MR) is 90.5 cm³/mol. The van der Waals surface area contributed by atoms with E-state index in [1.165, 1.54) is 18.4 Å². The molecule has 4 rings (SSSR count). The van der Waals surface area contributed by atoms with Crippen LogP contribution in [0.1, 0.15) is 27.7 Å². The maximum absolute atomic E-state index is 13.1. The number of carbonyl (C=O) groups is 1. The quantitative estimate of drug-likeness (QED) is 0.769. The third-order valence-corrected chi connectivity index (χ3v) is 4.52. The van der Waals surface area contributed by atoms with E-state index in [4.69, 9.17) is 4.42 Å².